The highest BCUT2D eigenvalue weighted by molar-refractivity contribution is 5.72. The van der Waals surface area contributed by atoms with Crippen LogP contribution in [-0.2, 0) is 14.4 Å². The fourth-order valence-electron chi connectivity index (χ4n) is 1.24. The lowest BCUT2D eigenvalue weighted by Crippen LogP contribution is -1.94. The molecule has 0 aliphatic heterocycles. The molecule has 0 heterocycles. The summed E-state index contributed by atoms with van der Waals surface area (Å²) in [6.45, 7) is -0.250. The highest BCUT2D eigenvalue weighted by Crippen LogP contribution is 2.28. The molecule has 2 fully saturated rings. The number of aromatic hydroxyl groups is 3. The fourth-order valence-corrected chi connectivity index (χ4v) is 1.24. The molecular weight excluding hydrogens is 324 g/mol. The molecule has 0 amide bonds. The molecule has 0 radical (unpaired) electrons. The standard InChI is InChI=1S/C6H6O3.2C4H6O2.CH2O2/c7-4-1-5(8)3-6(9)2-4;2*5-4(6)3-1-2-3;2-1-3/h1-3,7-9H;2*3H,1-2H2,(H,5,6);1H,(H,2,3). The van der Waals surface area contributed by atoms with E-state index in [0.29, 0.717) is 0 Å². The zero-order valence-electron chi connectivity index (χ0n) is 12.7. The summed E-state index contributed by atoms with van der Waals surface area (Å²) in [6, 6.07) is 3.42. The van der Waals surface area contributed by atoms with Gasteiger partial charge in [-0.2, -0.15) is 0 Å². The number of hydrogen-bond acceptors (Lipinski definition) is 6. The summed E-state index contributed by atoms with van der Waals surface area (Å²) in [5.74, 6) is -1.66. The molecule has 0 aromatic heterocycles. The summed E-state index contributed by atoms with van der Waals surface area (Å²) in [5, 5.41) is 49.0. The van der Waals surface area contributed by atoms with Crippen LogP contribution in [0.3, 0.4) is 0 Å². The molecule has 2 aliphatic carbocycles. The van der Waals surface area contributed by atoms with Crippen LogP contribution in [-0.4, -0.2) is 49.0 Å². The second kappa shape index (κ2) is 10.7. The molecule has 2 aliphatic rings. The summed E-state index contributed by atoms with van der Waals surface area (Å²) in [4.78, 5) is 27.9. The summed E-state index contributed by atoms with van der Waals surface area (Å²) in [6.07, 6.45) is 3.59. The second-order valence-electron chi connectivity index (χ2n) is 5.04. The van der Waals surface area contributed by atoms with Crippen LogP contribution < -0.4 is 0 Å². The predicted octanol–water partition coefficient (Wildman–Crippen LogP) is 1.47. The Kier molecular flexibility index (Phi) is 9.38. The van der Waals surface area contributed by atoms with Crippen molar-refractivity contribution < 1.29 is 45.0 Å². The van der Waals surface area contributed by atoms with Gasteiger partial charge in [0.15, 0.2) is 0 Å². The summed E-state index contributed by atoms with van der Waals surface area (Å²) < 4.78 is 0. The van der Waals surface area contributed by atoms with E-state index >= 15 is 0 Å². The Bertz CT molecular complexity index is 475. The Labute approximate surface area is 137 Å². The number of hydrogen-bond donors (Lipinski definition) is 6. The van der Waals surface area contributed by atoms with Gasteiger partial charge >= 0.3 is 11.9 Å². The minimum Gasteiger partial charge on any atom is -0.508 e. The first-order valence-electron chi connectivity index (χ1n) is 6.96. The van der Waals surface area contributed by atoms with Crippen molar-refractivity contribution >= 4 is 18.4 Å². The van der Waals surface area contributed by atoms with Crippen molar-refractivity contribution in [2.24, 2.45) is 11.8 Å². The zero-order chi connectivity index (χ0) is 18.7. The van der Waals surface area contributed by atoms with E-state index in [0.717, 1.165) is 43.9 Å². The molecule has 9 heteroatoms. The average molecular weight is 344 g/mol. The summed E-state index contributed by atoms with van der Waals surface area (Å²) in [5.41, 5.74) is 0. The number of carboxylic acids is 2. The Morgan fingerprint density at radius 1 is 0.792 bits per heavy atom. The lowest BCUT2D eigenvalue weighted by atomic mass is 10.3. The smallest absolute Gasteiger partial charge is 0.306 e. The predicted molar refractivity (Wildman–Crippen MR) is 80.8 cm³/mol. The number of rotatable bonds is 2. The van der Waals surface area contributed by atoms with Crippen molar-refractivity contribution in [1.82, 2.24) is 0 Å². The second-order valence-corrected chi connectivity index (χ2v) is 5.04. The third-order valence-corrected chi connectivity index (χ3v) is 2.74. The molecule has 6 N–H and O–H groups in total. The first-order valence-corrected chi connectivity index (χ1v) is 6.96. The Balaban J connectivity index is 0.000000313. The van der Waals surface area contributed by atoms with Gasteiger partial charge in [0.2, 0.25) is 0 Å². The van der Waals surface area contributed by atoms with Gasteiger partial charge in [-0.15, -0.1) is 0 Å². The number of phenols is 3. The zero-order valence-corrected chi connectivity index (χ0v) is 12.7. The minimum absolute atomic E-state index is 0.0185. The van der Waals surface area contributed by atoms with Gasteiger partial charge in [-0.1, -0.05) is 0 Å². The van der Waals surface area contributed by atoms with Crippen LogP contribution in [0.15, 0.2) is 18.2 Å². The number of carbonyl (C=O) groups is 3. The third kappa shape index (κ3) is 11.7. The minimum atomic E-state index is -0.630. The Hall–Kier alpha value is -2.97. The van der Waals surface area contributed by atoms with E-state index in [9.17, 15) is 9.59 Å². The van der Waals surface area contributed by atoms with Crippen LogP contribution in [0.25, 0.3) is 0 Å². The van der Waals surface area contributed by atoms with Crippen molar-refractivity contribution in [1.29, 1.82) is 0 Å². The molecule has 0 bridgehead atoms. The molecule has 1 aromatic rings. The van der Waals surface area contributed by atoms with Gasteiger partial charge in [0.1, 0.15) is 17.2 Å². The van der Waals surface area contributed by atoms with Crippen LogP contribution in [0.2, 0.25) is 0 Å². The maximum Gasteiger partial charge on any atom is 0.306 e. The maximum absolute atomic E-state index is 9.76. The van der Waals surface area contributed by atoms with Gasteiger partial charge < -0.3 is 30.6 Å². The third-order valence-electron chi connectivity index (χ3n) is 2.74. The number of carboxylic acid groups (broad SMARTS) is 3. The number of phenolic OH excluding ortho intramolecular Hbond substituents is 3. The van der Waals surface area contributed by atoms with Gasteiger partial charge in [0, 0.05) is 18.2 Å². The lowest BCUT2D eigenvalue weighted by Gasteiger charge is -1.94. The molecule has 2 saturated carbocycles. The Morgan fingerprint density at radius 3 is 1.08 bits per heavy atom. The average Bonchev–Trinajstić information content (AvgIpc) is 3.30. The van der Waals surface area contributed by atoms with Crippen LogP contribution in [0.5, 0.6) is 17.2 Å². The van der Waals surface area contributed by atoms with E-state index in [4.69, 9.17) is 35.4 Å². The van der Waals surface area contributed by atoms with E-state index in [2.05, 4.69) is 0 Å². The highest BCUT2D eigenvalue weighted by atomic mass is 16.4. The van der Waals surface area contributed by atoms with Crippen molar-refractivity contribution in [2.45, 2.75) is 25.7 Å². The molecular formula is C15H20O9. The quantitative estimate of drug-likeness (QED) is 0.434. The SMILES string of the molecule is O=C(O)C1CC1.O=C(O)C1CC1.O=CO.Oc1cc(O)cc(O)c1. The van der Waals surface area contributed by atoms with Crippen molar-refractivity contribution in [3.8, 4) is 17.2 Å². The van der Waals surface area contributed by atoms with Crippen LogP contribution in [0, 0.1) is 11.8 Å². The highest BCUT2D eigenvalue weighted by Gasteiger charge is 2.29. The summed E-state index contributed by atoms with van der Waals surface area (Å²) >= 11 is 0. The molecule has 134 valence electrons. The van der Waals surface area contributed by atoms with Crippen molar-refractivity contribution in [3.63, 3.8) is 0 Å². The van der Waals surface area contributed by atoms with E-state index in [1.54, 1.807) is 0 Å². The van der Waals surface area contributed by atoms with Gasteiger partial charge in [-0.25, -0.2) is 0 Å². The van der Waals surface area contributed by atoms with Gasteiger partial charge in [-0.05, 0) is 25.7 Å². The lowest BCUT2D eigenvalue weighted by molar-refractivity contribution is -0.139. The Morgan fingerprint density at radius 2 is 1.00 bits per heavy atom. The number of aliphatic carboxylic acids is 2. The monoisotopic (exact) mass is 344 g/mol. The molecule has 9 nitrogen and oxygen atoms in total. The van der Waals surface area contributed by atoms with Gasteiger partial charge in [-0.3, -0.25) is 14.4 Å². The maximum atomic E-state index is 9.76. The first kappa shape index (κ1) is 21.0. The van der Waals surface area contributed by atoms with Gasteiger partial charge in [0.05, 0.1) is 11.8 Å². The molecule has 3 rings (SSSR count). The normalized spacial score (nSPS) is 14.3. The largest absolute Gasteiger partial charge is 0.508 e. The van der Waals surface area contributed by atoms with E-state index in [1.165, 1.54) is 0 Å². The van der Waals surface area contributed by atoms with E-state index in [-0.39, 0.29) is 35.6 Å². The van der Waals surface area contributed by atoms with Crippen LogP contribution in [0.1, 0.15) is 25.7 Å². The van der Waals surface area contributed by atoms with Crippen LogP contribution >= 0.6 is 0 Å². The molecule has 1 aromatic carbocycles. The first-order chi connectivity index (χ1) is 11.2. The van der Waals surface area contributed by atoms with Crippen molar-refractivity contribution in [3.05, 3.63) is 18.2 Å². The molecule has 24 heavy (non-hydrogen) atoms. The fraction of sp³-hybridized carbons (Fsp3) is 0.400. The van der Waals surface area contributed by atoms with E-state index < -0.39 is 11.9 Å². The molecule has 0 spiro atoms. The van der Waals surface area contributed by atoms with Gasteiger partial charge in [0.25, 0.3) is 6.47 Å². The van der Waals surface area contributed by atoms with E-state index in [1.807, 2.05) is 0 Å². The van der Waals surface area contributed by atoms with Crippen LogP contribution in [0.4, 0.5) is 0 Å². The van der Waals surface area contributed by atoms with Crippen molar-refractivity contribution in [2.75, 3.05) is 0 Å². The topological polar surface area (TPSA) is 173 Å². The summed E-state index contributed by atoms with van der Waals surface area (Å²) in [7, 11) is 0. The number of benzene rings is 1. The molecule has 0 atom stereocenters. The molecule has 0 saturated heterocycles. The molecule has 0 unspecified atom stereocenters.